The first-order chi connectivity index (χ1) is 7.81. The Morgan fingerprint density at radius 1 is 1.50 bits per heavy atom. The maximum atomic E-state index is 13.4. The van der Waals surface area contributed by atoms with E-state index >= 15 is 0 Å². The van der Waals surface area contributed by atoms with Crippen molar-refractivity contribution in [3.05, 3.63) is 30.1 Å². The number of nitrogens with one attached hydrogen (secondary N) is 1. The molecule has 4 heteroatoms. The Hall–Kier alpha value is -0.740. The lowest BCUT2D eigenvalue weighted by molar-refractivity contribution is 0.245. The average molecular weight is 241 g/mol. The normalized spacial score (nSPS) is 22.0. The highest BCUT2D eigenvalue weighted by molar-refractivity contribution is 7.99. The fraction of sp³-hybridized carbons (Fsp3) is 0.500. The van der Waals surface area contributed by atoms with Crippen LogP contribution in [0.5, 0.6) is 0 Å². The summed E-state index contributed by atoms with van der Waals surface area (Å²) in [6.45, 7) is 0.0551. The summed E-state index contributed by atoms with van der Waals surface area (Å²) in [5.74, 6) is 2.37. The number of hydrogen-bond donors (Lipinski definition) is 2. The Morgan fingerprint density at radius 2 is 2.31 bits per heavy atom. The van der Waals surface area contributed by atoms with E-state index in [2.05, 4.69) is 5.32 Å². The van der Waals surface area contributed by atoms with Crippen LogP contribution in [0.15, 0.2) is 24.3 Å². The molecule has 0 bridgehead atoms. The molecule has 1 fully saturated rings. The second-order valence-corrected chi connectivity index (χ2v) is 5.19. The van der Waals surface area contributed by atoms with Crippen molar-refractivity contribution < 1.29 is 9.50 Å². The van der Waals surface area contributed by atoms with Crippen LogP contribution in [0, 0.1) is 11.7 Å². The summed E-state index contributed by atoms with van der Waals surface area (Å²) in [6, 6.07) is 6.57. The van der Waals surface area contributed by atoms with Crippen molar-refractivity contribution in [1.29, 1.82) is 0 Å². The molecule has 2 nitrogen and oxygen atoms in total. The molecule has 2 unspecified atom stereocenters. The fourth-order valence-electron chi connectivity index (χ4n) is 1.96. The first-order valence-electron chi connectivity index (χ1n) is 5.51. The van der Waals surface area contributed by atoms with Gasteiger partial charge in [0.05, 0.1) is 18.3 Å². The largest absolute Gasteiger partial charge is 0.394 e. The molecule has 0 aliphatic carbocycles. The number of hydrogen-bond acceptors (Lipinski definition) is 3. The number of thioether (sulfide) groups is 1. The van der Waals surface area contributed by atoms with Gasteiger partial charge in [-0.3, -0.25) is 0 Å². The van der Waals surface area contributed by atoms with Crippen LogP contribution in [0.25, 0.3) is 0 Å². The number of aliphatic hydroxyl groups excluding tert-OH is 1. The number of rotatable bonds is 4. The Bertz CT molecular complexity index is 342. The maximum Gasteiger partial charge on any atom is 0.146 e. The smallest absolute Gasteiger partial charge is 0.146 e. The van der Waals surface area contributed by atoms with Gasteiger partial charge in [0.2, 0.25) is 0 Å². The van der Waals surface area contributed by atoms with Gasteiger partial charge in [-0.15, -0.1) is 0 Å². The zero-order valence-corrected chi connectivity index (χ0v) is 9.84. The van der Waals surface area contributed by atoms with E-state index in [1.165, 1.54) is 6.07 Å². The molecule has 2 rings (SSSR count). The number of anilines is 1. The molecule has 0 amide bonds. The molecule has 16 heavy (non-hydrogen) atoms. The molecule has 1 aliphatic rings. The molecule has 2 N–H and O–H groups in total. The predicted octanol–water partition coefficient (Wildman–Crippen LogP) is 2.35. The van der Waals surface area contributed by atoms with Gasteiger partial charge in [-0.05, 0) is 36.0 Å². The zero-order chi connectivity index (χ0) is 11.4. The summed E-state index contributed by atoms with van der Waals surface area (Å²) in [5, 5.41) is 12.4. The molecule has 1 aliphatic heterocycles. The van der Waals surface area contributed by atoms with Gasteiger partial charge in [-0.1, -0.05) is 12.1 Å². The summed E-state index contributed by atoms with van der Waals surface area (Å²) in [4.78, 5) is 0. The van der Waals surface area contributed by atoms with Crippen LogP contribution in [-0.2, 0) is 0 Å². The van der Waals surface area contributed by atoms with Crippen molar-refractivity contribution in [1.82, 2.24) is 0 Å². The number of para-hydroxylation sites is 1. The molecule has 0 spiro atoms. The van der Waals surface area contributed by atoms with Gasteiger partial charge >= 0.3 is 0 Å². The molecule has 1 heterocycles. The van der Waals surface area contributed by atoms with Crippen LogP contribution >= 0.6 is 11.8 Å². The molecule has 0 radical (unpaired) electrons. The minimum atomic E-state index is -0.258. The highest BCUT2D eigenvalue weighted by atomic mass is 32.2. The Balaban J connectivity index is 2.03. The molecule has 2 atom stereocenters. The average Bonchev–Trinajstić information content (AvgIpc) is 2.81. The minimum absolute atomic E-state index is 0.0353. The van der Waals surface area contributed by atoms with Crippen molar-refractivity contribution in [2.75, 3.05) is 23.4 Å². The van der Waals surface area contributed by atoms with Crippen LogP contribution in [0.2, 0.25) is 0 Å². The van der Waals surface area contributed by atoms with Crippen molar-refractivity contribution in [2.45, 2.75) is 12.5 Å². The van der Waals surface area contributed by atoms with Gasteiger partial charge in [0, 0.05) is 0 Å². The van der Waals surface area contributed by atoms with Gasteiger partial charge in [0.25, 0.3) is 0 Å². The van der Waals surface area contributed by atoms with Gasteiger partial charge in [-0.2, -0.15) is 11.8 Å². The lowest BCUT2D eigenvalue weighted by Crippen LogP contribution is -2.33. The lowest BCUT2D eigenvalue weighted by Gasteiger charge is -2.23. The van der Waals surface area contributed by atoms with E-state index in [9.17, 15) is 9.50 Å². The third-order valence-corrected chi connectivity index (χ3v) is 4.13. The number of halogens is 1. The van der Waals surface area contributed by atoms with E-state index in [1.807, 2.05) is 11.8 Å². The van der Waals surface area contributed by atoms with Gasteiger partial charge in [0.1, 0.15) is 5.82 Å². The number of aliphatic hydroxyl groups is 1. The molecule has 0 saturated carbocycles. The maximum absolute atomic E-state index is 13.4. The molecule has 1 aromatic carbocycles. The third-order valence-electron chi connectivity index (χ3n) is 2.95. The molecular formula is C12H16FNOS. The summed E-state index contributed by atoms with van der Waals surface area (Å²) in [7, 11) is 0. The van der Waals surface area contributed by atoms with Crippen molar-refractivity contribution in [3.8, 4) is 0 Å². The van der Waals surface area contributed by atoms with Crippen molar-refractivity contribution in [3.63, 3.8) is 0 Å². The predicted molar refractivity (Wildman–Crippen MR) is 66.3 cm³/mol. The Labute approximate surface area is 99.2 Å². The summed E-state index contributed by atoms with van der Waals surface area (Å²) < 4.78 is 13.4. The second-order valence-electron chi connectivity index (χ2n) is 4.04. The zero-order valence-electron chi connectivity index (χ0n) is 9.03. The first-order valence-corrected chi connectivity index (χ1v) is 6.66. The van der Waals surface area contributed by atoms with Crippen LogP contribution in [0.1, 0.15) is 6.42 Å². The summed E-state index contributed by atoms with van der Waals surface area (Å²) >= 11 is 1.90. The van der Waals surface area contributed by atoms with Crippen LogP contribution in [0.4, 0.5) is 10.1 Å². The molecule has 1 saturated heterocycles. The second kappa shape index (κ2) is 5.55. The molecule has 88 valence electrons. The number of benzene rings is 1. The SMILES string of the molecule is OCC(Nc1ccccc1F)C1CCSC1. The van der Waals surface area contributed by atoms with Gasteiger partial charge in [0.15, 0.2) is 0 Å². The first kappa shape index (κ1) is 11.7. The standard InChI is InChI=1S/C12H16FNOS/c13-10-3-1-2-4-11(10)14-12(7-15)9-5-6-16-8-9/h1-4,9,12,14-15H,5-8H2. The topological polar surface area (TPSA) is 32.3 Å². The van der Waals surface area contributed by atoms with E-state index in [4.69, 9.17) is 0 Å². The van der Waals surface area contributed by atoms with Gasteiger partial charge in [-0.25, -0.2) is 4.39 Å². The lowest BCUT2D eigenvalue weighted by atomic mass is 9.99. The highest BCUT2D eigenvalue weighted by Gasteiger charge is 2.25. The molecule has 1 aromatic rings. The Morgan fingerprint density at radius 3 is 2.94 bits per heavy atom. The van der Waals surface area contributed by atoms with Crippen LogP contribution in [0.3, 0.4) is 0 Å². The summed E-state index contributed by atoms with van der Waals surface area (Å²) in [6.07, 6.45) is 1.09. The summed E-state index contributed by atoms with van der Waals surface area (Å²) in [5.41, 5.74) is 0.485. The molecular weight excluding hydrogens is 225 g/mol. The van der Waals surface area contributed by atoms with E-state index < -0.39 is 0 Å². The monoisotopic (exact) mass is 241 g/mol. The van der Waals surface area contributed by atoms with E-state index in [1.54, 1.807) is 18.2 Å². The van der Waals surface area contributed by atoms with E-state index in [0.717, 1.165) is 17.9 Å². The molecule has 0 aromatic heterocycles. The van der Waals surface area contributed by atoms with Crippen LogP contribution in [-0.4, -0.2) is 29.3 Å². The third kappa shape index (κ3) is 2.68. The quantitative estimate of drug-likeness (QED) is 0.848. The van der Waals surface area contributed by atoms with E-state index in [-0.39, 0.29) is 18.5 Å². The van der Waals surface area contributed by atoms with Crippen molar-refractivity contribution >= 4 is 17.4 Å². The minimum Gasteiger partial charge on any atom is -0.394 e. The Kier molecular flexibility index (Phi) is 4.07. The van der Waals surface area contributed by atoms with Crippen LogP contribution < -0.4 is 5.32 Å². The van der Waals surface area contributed by atoms with Gasteiger partial charge < -0.3 is 10.4 Å². The van der Waals surface area contributed by atoms with Crippen molar-refractivity contribution in [2.24, 2.45) is 5.92 Å². The van der Waals surface area contributed by atoms with E-state index in [0.29, 0.717) is 11.6 Å². The highest BCUT2D eigenvalue weighted by Crippen LogP contribution is 2.28. The fourth-order valence-corrected chi connectivity index (χ4v) is 3.30.